The second-order valence-electron chi connectivity index (χ2n) is 2.75. The Kier molecular flexibility index (Phi) is 2.09. The molecule has 0 bridgehead atoms. The number of hydrogen-bond acceptors (Lipinski definition) is 4. The van der Waals surface area contributed by atoms with Crippen molar-refractivity contribution in [3.8, 4) is 0 Å². The molecule has 2 aromatic rings. The van der Waals surface area contributed by atoms with E-state index in [1.807, 2.05) is 0 Å². The van der Waals surface area contributed by atoms with Crippen LogP contribution in [0.5, 0.6) is 0 Å². The highest BCUT2D eigenvalue weighted by molar-refractivity contribution is 7.85. The van der Waals surface area contributed by atoms with E-state index in [0.29, 0.717) is 17.1 Å². The van der Waals surface area contributed by atoms with Gasteiger partial charge in [0, 0.05) is 11.6 Å². The van der Waals surface area contributed by atoms with E-state index in [-0.39, 0.29) is 5.03 Å². The summed E-state index contributed by atoms with van der Waals surface area (Å²) in [6.45, 7) is 1.79. The third kappa shape index (κ3) is 1.33. The van der Waals surface area contributed by atoms with Gasteiger partial charge < -0.3 is 0 Å². The first kappa shape index (κ1) is 9.63. The largest absolute Gasteiger partial charge is 0.312 e. The maximum absolute atomic E-state index is 11.1. The molecule has 7 heteroatoms. The maximum Gasteiger partial charge on any atom is 0.312 e. The summed E-state index contributed by atoms with van der Waals surface area (Å²) < 4.78 is 32.6. The van der Waals surface area contributed by atoms with Crippen molar-refractivity contribution in [1.82, 2.24) is 9.38 Å². The minimum absolute atomic E-state index is 0.115. The van der Waals surface area contributed by atoms with Gasteiger partial charge in [-0.15, -0.1) is 11.3 Å². The zero-order valence-electron chi connectivity index (χ0n) is 7.34. The Hall–Kier alpha value is -0.920. The third-order valence-electron chi connectivity index (χ3n) is 1.86. The van der Waals surface area contributed by atoms with E-state index in [4.69, 9.17) is 4.55 Å². The van der Waals surface area contributed by atoms with Crippen LogP contribution in [0.25, 0.3) is 4.96 Å². The minimum Gasteiger partial charge on any atom is -0.281 e. The summed E-state index contributed by atoms with van der Waals surface area (Å²) in [6.07, 6.45) is 2.05. The van der Waals surface area contributed by atoms with Crippen LogP contribution in [0, 0.1) is 0 Å². The van der Waals surface area contributed by atoms with Crippen molar-refractivity contribution in [2.75, 3.05) is 0 Å². The van der Waals surface area contributed by atoms with Gasteiger partial charge in [0.05, 0.1) is 5.69 Å². The second kappa shape index (κ2) is 3.04. The molecule has 0 fully saturated rings. The molecule has 2 aromatic heterocycles. The number of aromatic nitrogens is 2. The van der Waals surface area contributed by atoms with Crippen LogP contribution in [0.2, 0.25) is 0 Å². The van der Waals surface area contributed by atoms with Crippen LogP contribution in [0.3, 0.4) is 0 Å². The average molecular weight is 232 g/mol. The number of fused-ring (bicyclic) bond motifs is 1. The molecule has 14 heavy (non-hydrogen) atoms. The van der Waals surface area contributed by atoms with Crippen molar-refractivity contribution in [3.05, 3.63) is 17.3 Å². The number of nitrogens with zero attached hydrogens (tertiary/aromatic N) is 2. The first-order chi connectivity index (χ1) is 6.54. The highest BCUT2D eigenvalue weighted by Gasteiger charge is 2.22. The van der Waals surface area contributed by atoms with E-state index in [9.17, 15) is 8.42 Å². The van der Waals surface area contributed by atoms with Crippen molar-refractivity contribution >= 4 is 26.4 Å². The van der Waals surface area contributed by atoms with Crippen LogP contribution in [0.15, 0.2) is 16.6 Å². The van der Waals surface area contributed by atoms with Crippen molar-refractivity contribution in [3.63, 3.8) is 0 Å². The number of rotatable bonds is 2. The van der Waals surface area contributed by atoms with Crippen molar-refractivity contribution in [1.29, 1.82) is 0 Å². The van der Waals surface area contributed by atoms with E-state index in [1.54, 1.807) is 18.5 Å². The van der Waals surface area contributed by atoms with Crippen LogP contribution >= 0.6 is 11.3 Å². The Bertz CT molecular complexity index is 567. The van der Waals surface area contributed by atoms with E-state index in [1.165, 1.54) is 15.7 Å². The fourth-order valence-corrected chi connectivity index (χ4v) is 2.99. The SMILES string of the molecule is CCc1nc2sccn2c1S(=O)(=O)O. The predicted octanol–water partition coefficient (Wildman–Crippen LogP) is 1.20. The summed E-state index contributed by atoms with van der Waals surface area (Å²) in [5, 5.41) is 1.60. The van der Waals surface area contributed by atoms with Gasteiger partial charge in [0.25, 0.3) is 0 Å². The van der Waals surface area contributed by atoms with Gasteiger partial charge >= 0.3 is 10.1 Å². The summed E-state index contributed by atoms with van der Waals surface area (Å²) in [5.41, 5.74) is 0.402. The van der Waals surface area contributed by atoms with Crippen LogP contribution in [-0.2, 0) is 16.5 Å². The van der Waals surface area contributed by atoms with Gasteiger partial charge in [-0.1, -0.05) is 6.92 Å². The quantitative estimate of drug-likeness (QED) is 0.790. The monoisotopic (exact) mass is 232 g/mol. The smallest absolute Gasteiger partial charge is 0.281 e. The fourth-order valence-electron chi connectivity index (χ4n) is 1.31. The van der Waals surface area contributed by atoms with Gasteiger partial charge in [0.2, 0.25) is 0 Å². The number of thiazole rings is 1. The minimum atomic E-state index is -4.19. The lowest BCUT2D eigenvalue weighted by Crippen LogP contribution is -2.04. The second-order valence-corrected chi connectivity index (χ2v) is 4.96. The molecule has 0 aliphatic carbocycles. The van der Waals surface area contributed by atoms with E-state index in [2.05, 4.69) is 4.98 Å². The first-order valence-electron chi connectivity index (χ1n) is 3.96. The first-order valence-corrected chi connectivity index (χ1v) is 6.28. The molecule has 0 atom stereocenters. The van der Waals surface area contributed by atoms with Gasteiger partial charge in [0.1, 0.15) is 0 Å². The zero-order valence-corrected chi connectivity index (χ0v) is 8.97. The lowest BCUT2D eigenvalue weighted by molar-refractivity contribution is 0.477. The van der Waals surface area contributed by atoms with E-state index in [0.717, 1.165) is 0 Å². The number of imidazole rings is 1. The highest BCUT2D eigenvalue weighted by atomic mass is 32.2. The van der Waals surface area contributed by atoms with Crippen LogP contribution in [-0.4, -0.2) is 22.4 Å². The molecule has 0 aliphatic rings. The van der Waals surface area contributed by atoms with Crippen LogP contribution in [0.1, 0.15) is 12.6 Å². The number of aryl methyl sites for hydroxylation is 1. The van der Waals surface area contributed by atoms with Crippen LogP contribution in [0.4, 0.5) is 0 Å². The summed E-state index contributed by atoms with van der Waals surface area (Å²) in [7, 11) is -4.19. The van der Waals surface area contributed by atoms with Crippen molar-refractivity contribution < 1.29 is 13.0 Å². The average Bonchev–Trinajstić information content (AvgIpc) is 2.57. The third-order valence-corrected chi connectivity index (χ3v) is 3.54. The molecule has 76 valence electrons. The summed E-state index contributed by atoms with van der Waals surface area (Å²) >= 11 is 1.33. The molecule has 0 saturated heterocycles. The van der Waals surface area contributed by atoms with Gasteiger partial charge in [-0.05, 0) is 6.42 Å². The Labute approximate surface area is 84.8 Å². The molecule has 0 radical (unpaired) electrons. The summed E-state index contributed by atoms with van der Waals surface area (Å²) in [4.78, 5) is 4.68. The van der Waals surface area contributed by atoms with Crippen molar-refractivity contribution in [2.45, 2.75) is 18.4 Å². The normalized spacial score (nSPS) is 12.4. The lowest BCUT2D eigenvalue weighted by Gasteiger charge is -1.96. The van der Waals surface area contributed by atoms with E-state index < -0.39 is 10.1 Å². The molecular weight excluding hydrogens is 224 g/mol. The molecular formula is C7H8N2O3S2. The lowest BCUT2D eigenvalue weighted by atomic mass is 10.4. The predicted molar refractivity (Wildman–Crippen MR) is 52.3 cm³/mol. The Morgan fingerprint density at radius 2 is 2.36 bits per heavy atom. The van der Waals surface area contributed by atoms with Crippen molar-refractivity contribution in [2.24, 2.45) is 0 Å². The molecule has 0 aliphatic heterocycles. The molecule has 0 saturated carbocycles. The van der Waals surface area contributed by atoms with Gasteiger partial charge in [-0.2, -0.15) is 8.42 Å². The Morgan fingerprint density at radius 3 is 2.93 bits per heavy atom. The van der Waals surface area contributed by atoms with Gasteiger partial charge in [-0.25, -0.2) is 4.98 Å². The highest BCUT2D eigenvalue weighted by Crippen LogP contribution is 2.21. The Morgan fingerprint density at radius 1 is 1.64 bits per heavy atom. The fraction of sp³-hybridized carbons (Fsp3) is 0.286. The Balaban J connectivity index is 2.88. The zero-order chi connectivity index (χ0) is 10.3. The molecule has 0 aromatic carbocycles. The molecule has 1 N–H and O–H groups in total. The summed E-state index contributed by atoms with van der Waals surface area (Å²) in [6, 6.07) is 0. The molecule has 2 rings (SSSR count). The van der Waals surface area contributed by atoms with E-state index >= 15 is 0 Å². The summed E-state index contributed by atoms with van der Waals surface area (Å²) in [5.74, 6) is 0. The van der Waals surface area contributed by atoms with Crippen LogP contribution < -0.4 is 0 Å². The number of hydrogen-bond donors (Lipinski definition) is 1. The topological polar surface area (TPSA) is 71.7 Å². The van der Waals surface area contributed by atoms with Gasteiger partial charge in [-0.3, -0.25) is 8.95 Å². The molecule has 0 spiro atoms. The molecule has 5 nitrogen and oxygen atoms in total. The molecule has 2 heterocycles. The molecule has 0 amide bonds. The maximum atomic E-state index is 11.1. The van der Waals surface area contributed by atoms with Gasteiger partial charge in [0.15, 0.2) is 9.99 Å². The molecule has 0 unspecified atom stereocenters. The standard InChI is InChI=1S/C7H8N2O3S2/c1-2-5-6(14(10,11)12)9-3-4-13-7(9)8-5/h3-4H,2H2,1H3,(H,10,11,12).